The quantitative estimate of drug-likeness (QED) is 0.595. The molecule has 0 bridgehead atoms. The molecule has 0 spiro atoms. The van der Waals surface area contributed by atoms with Crippen LogP contribution in [0.2, 0.25) is 0 Å². The van der Waals surface area contributed by atoms with Gasteiger partial charge in [-0.25, -0.2) is 0 Å². The molecule has 1 aromatic carbocycles. The monoisotopic (exact) mass is 262 g/mol. The summed E-state index contributed by atoms with van der Waals surface area (Å²) in [5.74, 6) is 0. The molecule has 1 heterocycles. The van der Waals surface area contributed by atoms with Gasteiger partial charge in [-0.1, -0.05) is 24.8 Å². The zero-order valence-corrected chi connectivity index (χ0v) is 11.9. The number of aryl methyl sites for hydroxylation is 1. The van der Waals surface area contributed by atoms with E-state index in [-0.39, 0.29) is 0 Å². The normalized spacial score (nSPS) is 11.8. The van der Waals surface area contributed by atoms with Crippen LogP contribution >= 0.6 is 0 Å². The summed E-state index contributed by atoms with van der Waals surface area (Å²) in [7, 11) is 1.76. The Bertz CT molecular complexity index is 652. The van der Waals surface area contributed by atoms with Crippen molar-refractivity contribution >= 4 is 11.8 Å². The van der Waals surface area contributed by atoms with E-state index in [1.54, 1.807) is 13.3 Å². The lowest BCUT2D eigenvalue weighted by Crippen LogP contribution is -1.87. The Hall–Kier alpha value is -2.48. The van der Waals surface area contributed by atoms with Crippen molar-refractivity contribution in [2.45, 2.75) is 6.92 Å². The molecule has 0 unspecified atom stereocenters. The predicted octanol–water partition coefficient (Wildman–Crippen LogP) is 4.33. The van der Waals surface area contributed by atoms with Gasteiger partial charge in [0.2, 0.25) is 0 Å². The molecule has 0 radical (unpaired) electrons. The highest BCUT2D eigenvalue weighted by molar-refractivity contribution is 5.89. The topological polar surface area (TPSA) is 25.2 Å². The highest BCUT2D eigenvalue weighted by atomic mass is 14.6. The summed E-state index contributed by atoms with van der Waals surface area (Å²) >= 11 is 0. The summed E-state index contributed by atoms with van der Waals surface area (Å²) in [6.07, 6.45) is 9.23. The van der Waals surface area contributed by atoms with Crippen molar-refractivity contribution in [1.82, 2.24) is 4.98 Å². The van der Waals surface area contributed by atoms with Gasteiger partial charge in [0.25, 0.3) is 0 Å². The van der Waals surface area contributed by atoms with Crippen LogP contribution in [0.25, 0.3) is 16.7 Å². The summed E-state index contributed by atoms with van der Waals surface area (Å²) in [6, 6.07) is 10.5. The number of hydrogen-bond acceptors (Lipinski definition) is 2. The van der Waals surface area contributed by atoms with Gasteiger partial charge < -0.3 is 0 Å². The van der Waals surface area contributed by atoms with Crippen molar-refractivity contribution in [3.63, 3.8) is 0 Å². The molecule has 0 aliphatic carbocycles. The van der Waals surface area contributed by atoms with E-state index in [1.165, 1.54) is 11.1 Å². The van der Waals surface area contributed by atoms with E-state index in [0.29, 0.717) is 0 Å². The number of aromatic nitrogens is 1. The molecule has 0 amide bonds. The lowest BCUT2D eigenvalue weighted by Gasteiger charge is -2.08. The van der Waals surface area contributed by atoms with E-state index in [2.05, 4.69) is 41.7 Å². The summed E-state index contributed by atoms with van der Waals surface area (Å²) < 4.78 is 0. The van der Waals surface area contributed by atoms with Crippen molar-refractivity contribution < 1.29 is 0 Å². The summed E-state index contributed by atoms with van der Waals surface area (Å²) in [4.78, 5) is 8.06. The molecule has 0 N–H and O–H groups in total. The van der Waals surface area contributed by atoms with Gasteiger partial charge in [0.15, 0.2) is 0 Å². The lowest BCUT2D eigenvalue weighted by atomic mass is 9.97. The molecule has 2 aromatic rings. The fourth-order valence-electron chi connectivity index (χ4n) is 2.10. The molecule has 2 rings (SSSR count). The van der Waals surface area contributed by atoms with Gasteiger partial charge >= 0.3 is 0 Å². The van der Waals surface area contributed by atoms with Crippen molar-refractivity contribution in [3.05, 3.63) is 72.6 Å². The maximum atomic E-state index is 4.06. The molecule has 100 valence electrons. The Morgan fingerprint density at radius 3 is 2.55 bits per heavy atom. The maximum absolute atomic E-state index is 4.06. The zero-order valence-electron chi connectivity index (χ0n) is 11.9. The highest BCUT2D eigenvalue weighted by Crippen LogP contribution is 2.25. The van der Waals surface area contributed by atoms with Gasteiger partial charge in [-0.05, 0) is 59.0 Å². The molecule has 1 aromatic heterocycles. The van der Waals surface area contributed by atoms with Crippen LogP contribution in [0, 0.1) is 6.92 Å². The highest BCUT2D eigenvalue weighted by Gasteiger charge is 2.03. The largest absolute Gasteiger partial charge is 0.296 e. The van der Waals surface area contributed by atoms with Gasteiger partial charge in [-0.2, -0.15) is 0 Å². The first-order valence-corrected chi connectivity index (χ1v) is 6.52. The minimum absolute atomic E-state index is 1.06. The first-order valence-electron chi connectivity index (χ1n) is 6.52. The second kappa shape index (κ2) is 6.62. The van der Waals surface area contributed by atoms with E-state index >= 15 is 0 Å². The molecule has 0 aliphatic heterocycles. The van der Waals surface area contributed by atoms with E-state index in [4.69, 9.17) is 0 Å². The standard InChI is InChI=1S/C18H18N2/c1-4-15(5-8-19-3)17-11-14(2)12-18(13-17)16-6-9-20-10-7-16/h4-13H,1H2,2-3H3/b15-5+,19-8?. The second-order valence-corrected chi connectivity index (χ2v) is 4.56. The minimum Gasteiger partial charge on any atom is -0.296 e. The van der Waals surface area contributed by atoms with Crippen LogP contribution in [0.4, 0.5) is 0 Å². The molecule has 0 fully saturated rings. The summed E-state index contributed by atoms with van der Waals surface area (Å²) in [5.41, 5.74) is 5.78. The van der Waals surface area contributed by atoms with Gasteiger partial charge in [-0.3, -0.25) is 9.98 Å². The maximum Gasteiger partial charge on any atom is 0.0277 e. The molecular weight excluding hydrogens is 244 g/mol. The number of allylic oxidation sites excluding steroid dienone is 3. The summed E-state index contributed by atoms with van der Waals surface area (Å²) in [6.45, 7) is 5.98. The number of aliphatic imine (C=N–C) groups is 1. The van der Waals surface area contributed by atoms with Crippen molar-refractivity contribution in [2.24, 2.45) is 4.99 Å². The Kier molecular flexibility index (Phi) is 4.61. The minimum atomic E-state index is 1.06. The number of nitrogens with zero attached hydrogens (tertiary/aromatic N) is 2. The lowest BCUT2D eigenvalue weighted by molar-refractivity contribution is 1.33. The average molecular weight is 262 g/mol. The SMILES string of the molecule is C=C/C(=C\C=NC)c1cc(C)cc(-c2ccncc2)c1. The molecule has 0 saturated carbocycles. The van der Waals surface area contributed by atoms with Gasteiger partial charge in [-0.15, -0.1) is 0 Å². The number of hydrogen-bond donors (Lipinski definition) is 0. The zero-order chi connectivity index (χ0) is 14.4. The van der Waals surface area contributed by atoms with Crippen LogP contribution in [0.15, 0.2) is 66.4 Å². The van der Waals surface area contributed by atoms with Crippen LogP contribution in [-0.4, -0.2) is 18.2 Å². The Morgan fingerprint density at radius 1 is 1.15 bits per heavy atom. The van der Waals surface area contributed by atoms with Crippen LogP contribution in [0.3, 0.4) is 0 Å². The first kappa shape index (κ1) is 13.9. The van der Waals surface area contributed by atoms with Crippen molar-refractivity contribution in [1.29, 1.82) is 0 Å². The van der Waals surface area contributed by atoms with Gasteiger partial charge in [0.05, 0.1) is 0 Å². The molecule has 0 saturated heterocycles. The van der Waals surface area contributed by atoms with Crippen LogP contribution in [-0.2, 0) is 0 Å². The fraction of sp³-hybridized carbons (Fsp3) is 0.111. The third kappa shape index (κ3) is 3.29. The number of benzene rings is 1. The van der Waals surface area contributed by atoms with E-state index in [0.717, 1.165) is 16.7 Å². The van der Waals surface area contributed by atoms with E-state index in [9.17, 15) is 0 Å². The third-order valence-electron chi connectivity index (χ3n) is 3.05. The average Bonchev–Trinajstić information content (AvgIpc) is 2.48. The van der Waals surface area contributed by atoms with Crippen molar-refractivity contribution in [2.75, 3.05) is 7.05 Å². The van der Waals surface area contributed by atoms with Crippen LogP contribution in [0.1, 0.15) is 11.1 Å². The number of rotatable bonds is 4. The first-order chi connectivity index (χ1) is 9.74. The molecule has 0 aliphatic rings. The van der Waals surface area contributed by atoms with Gasteiger partial charge in [0, 0.05) is 25.7 Å². The Labute approximate surface area is 120 Å². The Balaban J connectivity index is 2.51. The molecule has 2 nitrogen and oxygen atoms in total. The molecule has 2 heteroatoms. The van der Waals surface area contributed by atoms with E-state index < -0.39 is 0 Å². The Morgan fingerprint density at radius 2 is 1.90 bits per heavy atom. The summed E-state index contributed by atoms with van der Waals surface area (Å²) in [5, 5.41) is 0. The van der Waals surface area contributed by atoms with Gasteiger partial charge in [0.1, 0.15) is 0 Å². The smallest absolute Gasteiger partial charge is 0.0277 e. The fourth-order valence-corrected chi connectivity index (χ4v) is 2.10. The van der Waals surface area contributed by atoms with Crippen molar-refractivity contribution in [3.8, 4) is 11.1 Å². The second-order valence-electron chi connectivity index (χ2n) is 4.56. The third-order valence-corrected chi connectivity index (χ3v) is 3.05. The molecule has 0 atom stereocenters. The molecular formula is C18H18N2. The van der Waals surface area contributed by atoms with E-state index in [1.807, 2.05) is 36.7 Å². The number of pyridine rings is 1. The van der Waals surface area contributed by atoms with Crippen LogP contribution < -0.4 is 0 Å². The van der Waals surface area contributed by atoms with Crippen LogP contribution in [0.5, 0.6) is 0 Å². The molecule has 20 heavy (non-hydrogen) atoms. The predicted molar refractivity (Wildman–Crippen MR) is 87.0 cm³/mol.